The number of fused-ring (bicyclic) bond motifs is 5. The Morgan fingerprint density at radius 1 is 0.981 bits per heavy atom. The lowest BCUT2D eigenvalue weighted by molar-refractivity contribution is -0.141. The van der Waals surface area contributed by atoms with E-state index < -0.39 is 40.9 Å². The average Bonchev–Trinajstić information content (AvgIpc) is 3.80. The molecular formula is C41H34BrClN4O5S. The normalized spacial score (nSPS) is 26.7. The predicted octanol–water partition coefficient (Wildman–Crippen LogP) is 8.16. The number of aromatic nitrogens is 2. The second kappa shape index (κ2) is 12.2. The lowest BCUT2D eigenvalue weighted by Gasteiger charge is -2.49. The van der Waals surface area contributed by atoms with E-state index in [2.05, 4.69) is 15.9 Å². The van der Waals surface area contributed by atoms with Crippen molar-refractivity contribution in [1.29, 1.82) is 0 Å². The number of aromatic hydroxyl groups is 1. The van der Waals surface area contributed by atoms with Gasteiger partial charge in [-0.2, -0.15) is 5.10 Å². The zero-order chi connectivity index (χ0) is 37.1. The van der Waals surface area contributed by atoms with Gasteiger partial charge in [0.15, 0.2) is 0 Å². The lowest BCUT2D eigenvalue weighted by Crippen LogP contribution is -2.49. The van der Waals surface area contributed by atoms with E-state index in [1.165, 1.54) is 9.80 Å². The Balaban J connectivity index is 1.14. The van der Waals surface area contributed by atoms with Crippen molar-refractivity contribution in [2.45, 2.75) is 39.2 Å². The Hall–Kier alpha value is -4.58. The molecule has 9 nitrogen and oxygen atoms in total. The number of imide groups is 2. The molecule has 4 aliphatic rings. The Morgan fingerprint density at radius 2 is 1.75 bits per heavy atom. The summed E-state index contributed by atoms with van der Waals surface area (Å²) >= 11 is 11.4. The van der Waals surface area contributed by atoms with E-state index in [4.69, 9.17) is 16.7 Å². The fourth-order valence-corrected chi connectivity index (χ4v) is 11.2. The monoisotopic (exact) mass is 808 g/mol. The molecule has 6 unspecified atom stereocenters. The fraction of sp³-hybridized carbons (Fsp3) is 0.293. The highest BCUT2D eigenvalue weighted by molar-refractivity contribution is 9.10. The van der Waals surface area contributed by atoms with Crippen LogP contribution in [-0.4, -0.2) is 43.4 Å². The number of hydrogen-bond donors (Lipinski definition) is 1. The highest BCUT2D eigenvalue weighted by atomic mass is 79.9. The maximum Gasteiger partial charge on any atom is 0.242 e. The second-order valence-corrected chi connectivity index (χ2v) is 17.2. The number of allylic oxidation sites excluding steroid dienone is 2. The highest BCUT2D eigenvalue weighted by Gasteiger charge is 2.68. The maximum atomic E-state index is 15.1. The minimum atomic E-state index is -1.31. The molecule has 4 amide bonds. The topological polar surface area (TPSA) is 113 Å². The first-order valence-electron chi connectivity index (χ1n) is 17.6. The lowest BCUT2D eigenvalue weighted by atomic mass is 9.51. The van der Waals surface area contributed by atoms with Gasteiger partial charge in [-0.25, -0.2) is 4.90 Å². The van der Waals surface area contributed by atoms with Crippen molar-refractivity contribution >= 4 is 78.4 Å². The first kappa shape index (κ1) is 34.2. The standard InChI is InChI=1S/C41H34BrClN4O5S/c1-20-26-16-23(43)10-14-32(26)53-36(20)30-18-33(45(3)44-30)47-38(50)29-17-27-24(35(41(29,2)40(47)52)28-15-22(42)9-13-31(28)48)11-12-25-34(27)39(51)46(37(25)49)19-21-7-5-4-6-8-21/h4-11,13-16,18,25,27,29,34-35,48H,12,17,19H2,1-3H3. The number of nitrogens with zero attached hydrogens (tertiary/aromatic N) is 4. The van der Waals surface area contributed by atoms with Crippen molar-refractivity contribution in [1.82, 2.24) is 14.7 Å². The molecule has 5 aromatic rings. The number of amides is 4. The van der Waals surface area contributed by atoms with E-state index in [-0.39, 0.29) is 36.4 Å². The van der Waals surface area contributed by atoms with Gasteiger partial charge in [0.25, 0.3) is 0 Å². The molecule has 0 spiro atoms. The molecule has 12 heteroatoms. The minimum absolute atomic E-state index is 0.0109. The first-order valence-corrected chi connectivity index (χ1v) is 19.6. The number of likely N-dealkylation sites (tertiary alicyclic amines) is 1. The third-order valence-corrected chi connectivity index (χ3v) is 14.1. The summed E-state index contributed by atoms with van der Waals surface area (Å²) in [5.41, 5.74) is 2.49. The molecular weight excluding hydrogens is 776 g/mol. The molecule has 1 N–H and O–H groups in total. The van der Waals surface area contributed by atoms with Gasteiger partial charge in [-0.15, -0.1) is 11.3 Å². The summed E-state index contributed by atoms with van der Waals surface area (Å²) in [6.07, 6.45) is 2.54. The molecule has 0 radical (unpaired) electrons. The number of thiophene rings is 1. The summed E-state index contributed by atoms with van der Waals surface area (Å²) in [4.78, 5) is 61.6. The van der Waals surface area contributed by atoms with Crippen LogP contribution in [0.1, 0.15) is 42.4 Å². The Kier molecular flexibility index (Phi) is 7.89. The molecule has 53 heavy (non-hydrogen) atoms. The van der Waals surface area contributed by atoms with Crippen LogP contribution in [0.2, 0.25) is 5.02 Å². The quantitative estimate of drug-likeness (QED) is 0.142. The van der Waals surface area contributed by atoms with Crippen LogP contribution >= 0.6 is 38.9 Å². The molecule has 0 bridgehead atoms. The molecule has 4 heterocycles. The van der Waals surface area contributed by atoms with Gasteiger partial charge in [0.05, 0.1) is 34.6 Å². The average molecular weight is 810 g/mol. The van der Waals surface area contributed by atoms with E-state index in [0.717, 1.165) is 31.7 Å². The van der Waals surface area contributed by atoms with Gasteiger partial charge in [0.2, 0.25) is 23.6 Å². The third-order valence-electron chi connectivity index (χ3n) is 12.1. The van der Waals surface area contributed by atoms with Gasteiger partial charge in [0.1, 0.15) is 17.3 Å². The first-order chi connectivity index (χ1) is 25.4. The van der Waals surface area contributed by atoms with Crippen LogP contribution in [0.15, 0.2) is 88.9 Å². The number of aryl methyl sites for hydroxylation is 2. The number of phenolic OH excluding ortho intramolecular Hbond substituents is 1. The van der Waals surface area contributed by atoms with Gasteiger partial charge in [-0.3, -0.25) is 28.8 Å². The van der Waals surface area contributed by atoms with Gasteiger partial charge >= 0.3 is 0 Å². The van der Waals surface area contributed by atoms with Crippen molar-refractivity contribution in [3.05, 3.63) is 111 Å². The second-order valence-electron chi connectivity index (χ2n) is 14.8. The van der Waals surface area contributed by atoms with Crippen LogP contribution in [0.3, 0.4) is 0 Å². The number of halogens is 2. The summed E-state index contributed by atoms with van der Waals surface area (Å²) in [7, 11) is 1.72. The van der Waals surface area contributed by atoms with Gasteiger partial charge in [-0.05, 0) is 85.5 Å². The molecule has 1 saturated carbocycles. The van der Waals surface area contributed by atoms with Crippen LogP contribution in [0.5, 0.6) is 5.75 Å². The van der Waals surface area contributed by atoms with Crippen molar-refractivity contribution < 1.29 is 24.3 Å². The molecule has 6 atom stereocenters. The SMILES string of the molecule is Cc1c(-c2cc(N3C(=O)C4CC5C(=CCC6C(=O)N(Cc7ccccc7)C(=O)C65)C(c5cc(Br)ccc5O)C4(C)C3=O)n(C)n2)sc2ccc(Cl)cc12. The van der Waals surface area contributed by atoms with Crippen molar-refractivity contribution in [2.24, 2.45) is 36.1 Å². The van der Waals surface area contributed by atoms with Crippen molar-refractivity contribution in [3.63, 3.8) is 0 Å². The molecule has 2 aromatic heterocycles. The van der Waals surface area contributed by atoms with E-state index in [0.29, 0.717) is 33.0 Å². The number of benzene rings is 3. The summed E-state index contributed by atoms with van der Waals surface area (Å²) in [5.74, 6) is -4.23. The number of rotatable bonds is 5. The molecule has 2 aliphatic heterocycles. The van der Waals surface area contributed by atoms with E-state index in [1.54, 1.807) is 47.3 Å². The maximum absolute atomic E-state index is 15.1. The molecule has 3 fully saturated rings. The van der Waals surface area contributed by atoms with E-state index in [9.17, 15) is 19.5 Å². The van der Waals surface area contributed by atoms with Crippen LogP contribution in [0.25, 0.3) is 20.7 Å². The van der Waals surface area contributed by atoms with Gasteiger partial charge in [0, 0.05) is 38.8 Å². The zero-order valence-corrected chi connectivity index (χ0v) is 32.2. The number of anilines is 1. The highest BCUT2D eigenvalue weighted by Crippen LogP contribution is 2.64. The van der Waals surface area contributed by atoms with Gasteiger partial charge < -0.3 is 5.11 Å². The number of carbonyl (C=O) groups excluding carboxylic acids is 4. The summed E-state index contributed by atoms with van der Waals surface area (Å²) in [5, 5.41) is 17.9. The largest absolute Gasteiger partial charge is 0.508 e. The smallest absolute Gasteiger partial charge is 0.242 e. The summed E-state index contributed by atoms with van der Waals surface area (Å²) in [6.45, 7) is 3.99. The number of hydrogen-bond acceptors (Lipinski definition) is 7. The van der Waals surface area contributed by atoms with Gasteiger partial charge in [-0.1, -0.05) is 69.5 Å². The molecule has 2 saturated heterocycles. The van der Waals surface area contributed by atoms with E-state index >= 15 is 4.79 Å². The molecule has 2 aliphatic carbocycles. The zero-order valence-electron chi connectivity index (χ0n) is 29.0. The summed E-state index contributed by atoms with van der Waals surface area (Å²) in [6, 6.07) is 22.1. The molecule has 268 valence electrons. The van der Waals surface area contributed by atoms with Crippen molar-refractivity contribution in [2.75, 3.05) is 4.90 Å². The molecule has 3 aromatic carbocycles. The molecule has 9 rings (SSSR count). The van der Waals surface area contributed by atoms with Crippen LogP contribution in [0.4, 0.5) is 5.82 Å². The Morgan fingerprint density at radius 3 is 2.53 bits per heavy atom. The summed E-state index contributed by atoms with van der Waals surface area (Å²) < 4.78 is 3.32. The third kappa shape index (κ3) is 4.96. The van der Waals surface area contributed by atoms with Crippen LogP contribution in [-0.2, 0) is 32.8 Å². The number of phenols is 1. The van der Waals surface area contributed by atoms with Crippen molar-refractivity contribution in [3.8, 4) is 16.3 Å². The van der Waals surface area contributed by atoms with Crippen LogP contribution < -0.4 is 4.90 Å². The number of carbonyl (C=O) groups is 4. The Labute approximate surface area is 323 Å². The minimum Gasteiger partial charge on any atom is -0.508 e. The predicted molar refractivity (Wildman–Crippen MR) is 206 cm³/mol. The fourth-order valence-electron chi connectivity index (χ4n) is 9.54. The van der Waals surface area contributed by atoms with E-state index in [1.807, 2.05) is 68.5 Å². The van der Waals surface area contributed by atoms with Crippen LogP contribution in [0, 0.1) is 36.0 Å². The Bertz CT molecular complexity index is 2460.